The number of rotatable bonds is 6. The maximum atomic E-state index is 13.1. The highest BCUT2D eigenvalue weighted by Crippen LogP contribution is 2.35. The normalized spacial score (nSPS) is 10.7. The monoisotopic (exact) mass is 405 g/mol. The van der Waals surface area contributed by atoms with Gasteiger partial charge in [-0.3, -0.25) is 14.9 Å². The van der Waals surface area contributed by atoms with Crippen molar-refractivity contribution in [2.75, 3.05) is 7.11 Å². The molecular formula is C21H15N3O4S. The Labute approximate surface area is 170 Å². The number of nitrogens with zero attached hydrogens (tertiary/aromatic N) is 3. The van der Waals surface area contributed by atoms with Crippen LogP contribution in [0, 0.1) is 10.1 Å². The molecule has 0 spiro atoms. The lowest BCUT2D eigenvalue weighted by atomic mass is 10.0. The topological polar surface area (TPSA) is 87.3 Å². The first-order chi connectivity index (χ1) is 14.1. The molecule has 0 aliphatic heterocycles. The Morgan fingerprint density at radius 1 is 1.07 bits per heavy atom. The van der Waals surface area contributed by atoms with E-state index in [0.29, 0.717) is 27.4 Å². The van der Waals surface area contributed by atoms with Gasteiger partial charge in [0, 0.05) is 17.8 Å². The third kappa shape index (κ3) is 3.65. The second-order valence-electron chi connectivity index (χ2n) is 6.12. The van der Waals surface area contributed by atoms with Crippen LogP contribution in [-0.4, -0.2) is 27.6 Å². The van der Waals surface area contributed by atoms with Crippen LogP contribution in [0.5, 0.6) is 5.75 Å². The van der Waals surface area contributed by atoms with E-state index in [9.17, 15) is 14.9 Å². The lowest BCUT2D eigenvalue weighted by molar-refractivity contribution is -0.380. The van der Waals surface area contributed by atoms with E-state index in [4.69, 9.17) is 4.74 Å². The second-order valence-corrected chi connectivity index (χ2v) is 7.19. The van der Waals surface area contributed by atoms with Gasteiger partial charge >= 0.3 is 5.00 Å². The molecule has 144 valence electrons. The average Bonchev–Trinajstić information content (AvgIpc) is 3.41. The summed E-state index contributed by atoms with van der Waals surface area (Å²) in [5.74, 6) is 0.506. The summed E-state index contributed by atoms with van der Waals surface area (Å²) in [6, 6.07) is 19.1. The van der Waals surface area contributed by atoms with Crippen molar-refractivity contribution in [2.45, 2.75) is 0 Å². The molecule has 7 nitrogen and oxygen atoms in total. The van der Waals surface area contributed by atoms with Crippen LogP contribution in [0.3, 0.4) is 0 Å². The van der Waals surface area contributed by atoms with Gasteiger partial charge in [-0.25, -0.2) is 4.68 Å². The Bertz CT molecular complexity index is 1180. The van der Waals surface area contributed by atoms with Gasteiger partial charge in [-0.1, -0.05) is 41.7 Å². The Morgan fingerprint density at radius 3 is 2.41 bits per heavy atom. The van der Waals surface area contributed by atoms with Crippen LogP contribution in [0.15, 0.2) is 72.9 Å². The molecule has 0 fully saturated rings. The number of aromatic nitrogens is 2. The van der Waals surface area contributed by atoms with E-state index in [1.165, 1.54) is 6.07 Å². The molecule has 29 heavy (non-hydrogen) atoms. The summed E-state index contributed by atoms with van der Waals surface area (Å²) < 4.78 is 6.77. The van der Waals surface area contributed by atoms with E-state index >= 15 is 0 Å². The molecule has 0 N–H and O–H groups in total. The Hall–Kier alpha value is -3.78. The number of ketones is 1. The largest absolute Gasteiger partial charge is 0.497 e. The molecule has 2 heterocycles. The maximum absolute atomic E-state index is 13.1. The number of carbonyl (C=O) groups excluding carboxylic acids is 1. The number of nitro groups is 1. The summed E-state index contributed by atoms with van der Waals surface area (Å²) in [5, 5.41) is 15.7. The molecule has 4 aromatic rings. The number of thiophene rings is 1. The lowest BCUT2D eigenvalue weighted by Crippen LogP contribution is -2.01. The smallest absolute Gasteiger partial charge is 0.324 e. The first kappa shape index (κ1) is 18.6. The molecule has 0 aliphatic rings. The molecule has 0 saturated heterocycles. The van der Waals surface area contributed by atoms with Crippen LogP contribution in [0.4, 0.5) is 5.00 Å². The zero-order chi connectivity index (χ0) is 20.4. The second kappa shape index (κ2) is 7.69. The first-order valence-electron chi connectivity index (χ1n) is 8.65. The maximum Gasteiger partial charge on any atom is 0.324 e. The van der Waals surface area contributed by atoms with Crippen LogP contribution < -0.4 is 4.74 Å². The van der Waals surface area contributed by atoms with E-state index in [2.05, 4.69) is 5.10 Å². The number of benzene rings is 2. The van der Waals surface area contributed by atoms with Crippen molar-refractivity contribution >= 4 is 22.1 Å². The van der Waals surface area contributed by atoms with Crippen molar-refractivity contribution in [3.05, 3.63) is 94.2 Å². The van der Waals surface area contributed by atoms with Crippen LogP contribution in [-0.2, 0) is 0 Å². The van der Waals surface area contributed by atoms with Crippen LogP contribution in [0.2, 0.25) is 0 Å². The highest BCUT2D eigenvalue weighted by molar-refractivity contribution is 7.18. The molecule has 0 bridgehead atoms. The van der Waals surface area contributed by atoms with Crippen molar-refractivity contribution in [1.29, 1.82) is 0 Å². The number of methoxy groups -OCH3 is 1. The molecule has 2 aromatic carbocycles. The highest BCUT2D eigenvalue weighted by atomic mass is 32.1. The van der Waals surface area contributed by atoms with E-state index in [1.807, 2.05) is 18.2 Å². The predicted molar refractivity (Wildman–Crippen MR) is 110 cm³/mol. The summed E-state index contributed by atoms with van der Waals surface area (Å²) in [7, 11) is 1.58. The van der Waals surface area contributed by atoms with Crippen molar-refractivity contribution in [2.24, 2.45) is 0 Å². The SMILES string of the molecule is COc1ccc(-n2cc(C(=O)c3ccccc3)c(-c3ccc([N+](=O)[O-])s3)n2)cc1. The summed E-state index contributed by atoms with van der Waals surface area (Å²) in [5.41, 5.74) is 2.05. The van der Waals surface area contributed by atoms with Gasteiger partial charge < -0.3 is 4.74 Å². The van der Waals surface area contributed by atoms with E-state index in [0.717, 1.165) is 17.0 Å². The van der Waals surface area contributed by atoms with Gasteiger partial charge in [0.15, 0.2) is 5.78 Å². The fourth-order valence-corrected chi connectivity index (χ4v) is 3.71. The minimum atomic E-state index is -0.451. The first-order valence-corrected chi connectivity index (χ1v) is 9.47. The molecule has 4 rings (SSSR count). The molecule has 0 atom stereocenters. The summed E-state index contributed by atoms with van der Waals surface area (Å²) >= 11 is 0.988. The van der Waals surface area contributed by atoms with Crippen LogP contribution in [0.1, 0.15) is 15.9 Å². The number of carbonyl (C=O) groups is 1. The standard InChI is InChI=1S/C21H15N3O4S/c1-28-16-9-7-15(8-10-16)23-13-17(21(25)14-5-3-2-4-6-14)20(22-23)18-11-12-19(29-18)24(26)27/h2-13H,1H3. The van der Waals surface area contributed by atoms with E-state index in [-0.39, 0.29) is 10.8 Å². The van der Waals surface area contributed by atoms with Gasteiger partial charge in [-0.2, -0.15) is 5.10 Å². The Kier molecular flexibility index (Phi) is 4.92. The molecule has 8 heteroatoms. The van der Waals surface area contributed by atoms with Gasteiger partial charge in [-0.15, -0.1) is 0 Å². The van der Waals surface area contributed by atoms with Crippen molar-refractivity contribution in [1.82, 2.24) is 9.78 Å². The minimum Gasteiger partial charge on any atom is -0.497 e. The molecule has 0 aliphatic carbocycles. The number of hydrogen-bond donors (Lipinski definition) is 0. The van der Waals surface area contributed by atoms with E-state index < -0.39 is 4.92 Å². The summed E-state index contributed by atoms with van der Waals surface area (Å²) in [6.07, 6.45) is 1.65. The Balaban J connectivity index is 1.83. The lowest BCUT2D eigenvalue weighted by Gasteiger charge is -2.03. The third-order valence-corrected chi connectivity index (χ3v) is 5.38. The number of ether oxygens (including phenoxy) is 1. The zero-order valence-electron chi connectivity index (χ0n) is 15.3. The van der Waals surface area contributed by atoms with Gasteiger partial charge in [-0.05, 0) is 30.3 Å². The summed E-state index contributed by atoms with van der Waals surface area (Å²) in [4.78, 5) is 24.3. The fourth-order valence-electron chi connectivity index (χ4n) is 2.89. The van der Waals surface area contributed by atoms with Gasteiger partial charge in [0.25, 0.3) is 0 Å². The third-order valence-electron chi connectivity index (χ3n) is 4.34. The van der Waals surface area contributed by atoms with Crippen molar-refractivity contribution in [3.63, 3.8) is 0 Å². The summed E-state index contributed by atoms with van der Waals surface area (Å²) in [6.45, 7) is 0. The highest BCUT2D eigenvalue weighted by Gasteiger charge is 2.22. The van der Waals surface area contributed by atoms with Gasteiger partial charge in [0.2, 0.25) is 0 Å². The molecule has 0 unspecified atom stereocenters. The van der Waals surface area contributed by atoms with Crippen molar-refractivity contribution < 1.29 is 14.5 Å². The molecule has 2 aromatic heterocycles. The fraction of sp³-hybridized carbons (Fsp3) is 0.0476. The quantitative estimate of drug-likeness (QED) is 0.262. The predicted octanol–water partition coefficient (Wildman–Crippen LogP) is 4.75. The average molecular weight is 405 g/mol. The van der Waals surface area contributed by atoms with Gasteiger partial charge in [0.05, 0.1) is 28.2 Å². The van der Waals surface area contributed by atoms with E-state index in [1.54, 1.807) is 60.5 Å². The zero-order valence-corrected chi connectivity index (χ0v) is 16.1. The van der Waals surface area contributed by atoms with Crippen molar-refractivity contribution in [3.8, 4) is 22.0 Å². The van der Waals surface area contributed by atoms with Gasteiger partial charge in [0.1, 0.15) is 11.4 Å². The van der Waals surface area contributed by atoms with Crippen LogP contribution in [0.25, 0.3) is 16.3 Å². The Morgan fingerprint density at radius 2 is 1.79 bits per heavy atom. The van der Waals surface area contributed by atoms with Crippen LogP contribution >= 0.6 is 11.3 Å². The molecule has 0 amide bonds. The molecule has 0 saturated carbocycles. The molecule has 0 radical (unpaired) electrons. The number of hydrogen-bond acceptors (Lipinski definition) is 6. The minimum absolute atomic E-state index is 0.00268. The molecular weight excluding hydrogens is 390 g/mol.